The second kappa shape index (κ2) is 4.00. The van der Waals surface area contributed by atoms with E-state index in [2.05, 4.69) is 4.98 Å². The molecule has 0 amide bonds. The molecule has 0 radical (unpaired) electrons. The minimum Gasteiger partial charge on any atom is -0.437 e. The average Bonchev–Trinajstić information content (AvgIpc) is 2.50. The van der Waals surface area contributed by atoms with Crippen LogP contribution in [0.4, 0.5) is 11.6 Å². The van der Waals surface area contributed by atoms with E-state index in [1.165, 1.54) is 0 Å². The number of hydrogen-bond donors (Lipinski definition) is 2. The zero-order valence-electron chi connectivity index (χ0n) is 8.66. The maximum absolute atomic E-state index is 5.66. The minimum atomic E-state index is 0.265. The summed E-state index contributed by atoms with van der Waals surface area (Å²) in [6.07, 6.45) is 1.68. The molecular formula is C10H15N3O. The van der Waals surface area contributed by atoms with Gasteiger partial charge in [-0.25, -0.2) is 0 Å². The Morgan fingerprint density at radius 3 is 2.50 bits per heavy atom. The van der Waals surface area contributed by atoms with Gasteiger partial charge in [0.15, 0.2) is 5.58 Å². The number of rotatable bonds is 0. The van der Waals surface area contributed by atoms with Crippen molar-refractivity contribution in [1.82, 2.24) is 4.98 Å². The number of hydrogen-bond acceptors (Lipinski definition) is 4. The van der Waals surface area contributed by atoms with Crippen molar-refractivity contribution in [2.24, 2.45) is 0 Å². The molecule has 2 aromatic heterocycles. The summed E-state index contributed by atoms with van der Waals surface area (Å²) >= 11 is 0. The summed E-state index contributed by atoms with van der Waals surface area (Å²) < 4.78 is 5.22. The summed E-state index contributed by atoms with van der Waals surface area (Å²) in [4.78, 5) is 4.06. The van der Waals surface area contributed by atoms with E-state index in [-0.39, 0.29) is 5.88 Å². The quantitative estimate of drug-likeness (QED) is 0.673. The van der Waals surface area contributed by atoms with Crippen LogP contribution >= 0.6 is 0 Å². The highest BCUT2D eigenvalue weighted by atomic mass is 16.3. The van der Waals surface area contributed by atoms with Gasteiger partial charge in [-0.05, 0) is 13.0 Å². The van der Waals surface area contributed by atoms with Crippen LogP contribution in [0.3, 0.4) is 0 Å². The van der Waals surface area contributed by atoms with Gasteiger partial charge in [0.1, 0.15) is 5.69 Å². The molecule has 0 aliphatic carbocycles. The smallest absolute Gasteiger partial charge is 0.214 e. The number of furan rings is 1. The Hall–Kier alpha value is -1.71. The Morgan fingerprint density at radius 1 is 1.29 bits per heavy atom. The molecule has 0 aliphatic heterocycles. The van der Waals surface area contributed by atoms with Gasteiger partial charge in [0.2, 0.25) is 5.88 Å². The van der Waals surface area contributed by atoms with Crippen LogP contribution in [0.25, 0.3) is 11.0 Å². The molecule has 14 heavy (non-hydrogen) atoms. The maximum atomic E-state index is 5.66. The van der Waals surface area contributed by atoms with Crippen molar-refractivity contribution in [3.05, 3.63) is 18.0 Å². The second-order valence-corrected chi connectivity index (χ2v) is 2.65. The van der Waals surface area contributed by atoms with Gasteiger partial charge < -0.3 is 15.9 Å². The first-order chi connectivity index (χ1) is 6.70. The number of nitrogen functional groups attached to an aromatic ring is 2. The lowest BCUT2D eigenvalue weighted by atomic mass is 10.2. The van der Waals surface area contributed by atoms with E-state index < -0.39 is 0 Å². The van der Waals surface area contributed by atoms with Crippen molar-refractivity contribution in [2.75, 3.05) is 11.5 Å². The minimum absolute atomic E-state index is 0.265. The molecule has 2 rings (SSSR count). The standard InChI is InChI=1S/C8H9N3O.C2H6/c1-4-7-5(2-3-11-4)6(9)8(10)12-7;1-2/h2-3H,9-10H2,1H3;1-2H3. The molecule has 4 heteroatoms. The average molecular weight is 193 g/mol. The van der Waals surface area contributed by atoms with Crippen LogP contribution in [-0.2, 0) is 0 Å². The van der Waals surface area contributed by atoms with Crippen molar-refractivity contribution in [3.63, 3.8) is 0 Å². The van der Waals surface area contributed by atoms with E-state index in [0.29, 0.717) is 11.3 Å². The van der Waals surface area contributed by atoms with Crippen LogP contribution in [0.5, 0.6) is 0 Å². The normalized spacial score (nSPS) is 9.64. The Morgan fingerprint density at radius 2 is 1.93 bits per heavy atom. The highest BCUT2D eigenvalue weighted by molar-refractivity contribution is 5.95. The first-order valence-electron chi connectivity index (χ1n) is 4.59. The van der Waals surface area contributed by atoms with Crippen LogP contribution in [0.2, 0.25) is 0 Å². The summed E-state index contributed by atoms with van der Waals surface area (Å²) in [6.45, 7) is 5.85. The molecule has 2 heterocycles. The number of nitrogens with two attached hydrogens (primary N) is 2. The SMILES string of the molecule is CC.Cc1nccc2c(N)c(N)oc12. The van der Waals surface area contributed by atoms with Gasteiger partial charge in [0.25, 0.3) is 0 Å². The van der Waals surface area contributed by atoms with E-state index in [0.717, 1.165) is 11.1 Å². The van der Waals surface area contributed by atoms with E-state index in [9.17, 15) is 0 Å². The van der Waals surface area contributed by atoms with E-state index in [4.69, 9.17) is 15.9 Å². The molecule has 0 fully saturated rings. The predicted octanol–water partition coefficient (Wildman–Crippen LogP) is 2.33. The number of pyridine rings is 1. The van der Waals surface area contributed by atoms with Gasteiger partial charge in [-0.2, -0.15) is 0 Å². The first-order valence-corrected chi connectivity index (χ1v) is 4.59. The summed E-state index contributed by atoms with van der Waals surface area (Å²) in [7, 11) is 0. The number of aryl methyl sites for hydroxylation is 1. The molecule has 0 aliphatic rings. The summed E-state index contributed by atoms with van der Waals surface area (Å²) in [6, 6.07) is 1.79. The van der Waals surface area contributed by atoms with E-state index >= 15 is 0 Å². The summed E-state index contributed by atoms with van der Waals surface area (Å²) in [5.74, 6) is 0.265. The zero-order valence-corrected chi connectivity index (χ0v) is 8.66. The molecule has 4 N–H and O–H groups in total. The Labute approximate surface area is 82.9 Å². The summed E-state index contributed by atoms with van der Waals surface area (Å²) in [5.41, 5.74) is 13.1. The fourth-order valence-electron chi connectivity index (χ4n) is 1.19. The lowest BCUT2D eigenvalue weighted by Crippen LogP contribution is -1.88. The highest BCUT2D eigenvalue weighted by Crippen LogP contribution is 2.30. The fraction of sp³-hybridized carbons (Fsp3) is 0.300. The lowest BCUT2D eigenvalue weighted by Gasteiger charge is -1.90. The molecule has 0 saturated heterocycles. The number of anilines is 2. The molecule has 2 aromatic rings. The third-order valence-electron chi connectivity index (χ3n) is 1.85. The number of fused-ring (bicyclic) bond motifs is 1. The number of nitrogens with zero attached hydrogens (tertiary/aromatic N) is 1. The van der Waals surface area contributed by atoms with Crippen molar-refractivity contribution in [2.45, 2.75) is 20.8 Å². The fourth-order valence-corrected chi connectivity index (χ4v) is 1.19. The molecule has 4 nitrogen and oxygen atoms in total. The molecule has 0 atom stereocenters. The highest BCUT2D eigenvalue weighted by Gasteiger charge is 2.09. The van der Waals surface area contributed by atoms with Crippen molar-refractivity contribution >= 4 is 22.5 Å². The largest absolute Gasteiger partial charge is 0.437 e. The van der Waals surface area contributed by atoms with Crippen LogP contribution in [0, 0.1) is 6.92 Å². The van der Waals surface area contributed by atoms with Gasteiger partial charge in [0, 0.05) is 11.6 Å². The molecule has 0 aromatic carbocycles. The molecule has 0 spiro atoms. The van der Waals surface area contributed by atoms with Crippen molar-refractivity contribution in [3.8, 4) is 0 Å². The Balaban J connectivity index is 0.000000461. The van der Waals surface area contributed by atoms with Gasteiger partial charge in [-0.15, -0.1) is 0 Å². The Kier molecular flexibility index (Phi) is 2.96. The topological polar surface area (TPSA) is 78.1 Å². The number of aromatic nitrogens is 1. The van der Waals surface area contributed by atoms with Crippen LogP contribution in [0.1, 0.15) is 19.5 Å². The third kappa shape index (κ3) is 1.51. The van der Waals surface area contributed by atoms with Crippen molar-refractivity contribution < 1.29 is 4.42 Å². The Bertz CT molecular complexity index is 434. The third-order valence-corrected chi connectivity index (χ3v) is 1.85. The second-order valence-electron chi connectivity index (χ2n) is 2.65. The molecular weight excluding hydrogens is 178 g/mol. The van der Waals surface area contributed by atoms with Crippen LogP contribution < -0.4 is 11.5 Å². The molecule has 0 unspecified atom stereocenters. The van der Waals surface area contributed by atoms with Gasteiger partial charge in [0.05, 0.1) is 5.69 Å². The molecule has 0 bridgehead atoms. The molecule has 0 saturated carbocycles. The predicted molar refractivity (Wildman–Crippen MR) is 58.9 cm³/mol. The van der Waals surface area contributed by atoms with Crippen molar-refractivity contribution in [1.29, 1.82) is 0 Å². The van der Waals surface area contributed by atoms with Gasteiger partial charge >= 0.3 is 0 Å². The van der Waals surface area contributed by atoms with Gasteiger partial charge in [-0.1, -0.05) is 13.8 Å². The van der Waals surface area contributed by atoms with E-state index in [1.807, 2.05) is 20.8 Å². The zero-order chi connectivity index (χ0) is 10.7. The first kappa shape index (κ1) is 10.4. The monoisotopic (exact) mass is 193 g/mol. The van der Waals surface area contributed by atoms with Gasteiger partial charge in [-0.3, -0.25) is 4.98 Å². The summed E-state index contributed by atoms with van der Waals surface area (Å²) in [5, 5.41) is 0.833. The van der Waals surface area contributed by atoms with Crippen LogP contribution in [-0.4, -0.2) is 4.98 Å². The lowest BCUT2D eigenvalue weighted by molar-refractivity contribution is 0.633. The van der Waals surface area contributed by atoms with Crippen LogP contribution in [0.15, 0.2) is 16.7 Å². The van der Waals surface area contributed by atoms with E-state index in [1.54, 1.807) is 12.3 Å². The molecule has 76 valence electrons. The maximum Gasteiger partial charge on any atom is 0.214 e.